The molecule has 6 aliphatic rings. The quantitative estimate of drug-likeness (QED) is 0.202. The van der Waals surface area contributed by atoms with Gasteiger partial charge in [-0.15, -0.1) is 0 Å². The third kappa shape index (κ3) is 7.21. The molecular weight excluding hydrogens is 701 g/mol. The van der Waals surface area contributed by atoms with Crippen LogP contribution in [0.3, 0.4) is 0 Å². The van der Waals surface area contributed by atoms with E-state index in [4.69, 9.17) is 4.74 Å². The molecule has 54 heavy (non-hydrogen) atoms. The second-order valence-electron chi connectivity index (χ2n) is 21.9. The Labute approximate surface area is 327 Å². The second-order valence-corrected chi connectivity index (χ2v) is 23.8. The van der Waals surface area contributed by atoms with E-state index in [1.165, 1.54) is 31.9 Å². The number of carboxylic acids is 1. The lowest BCUT2D eigenvalue weighted by Gasteiger charge is -2.73. The number of carbonyl (C=O) groups excluding carboxylic acids is 2. The summed E-state index contributed by atoms with van der Waals surface area (Å²) in [6.45, 7) is 22.0. The summed E-state index contributed by atoms with van der Waals surface area (Å²) < 4.78 is 32.8. The smallest absolute Gasteiger partial charge is 0.306 e. The minimum absolute atomic E-state index is 0.0147. The van der Waals surface area contributed by atoms with Crippen LogP contribution < -0.4 is 4.72 Å². The van der Waals surface area contributed by atoms with Crippen molar-refractivity contribution in [2.75, 3.05) is 19.3 Å². The van der Waals surface area contributed by atoms with Crippen molar-refractivity contribution >= 4 is 27.9 Å². The van der Waals surface area contributed by atoms with Gasteiger partial charge in [0.1, 0.15) is 6.10 Å². The Morgan fingerprint density at radius 2 is 1.57 bits per heavy atom. The molecule has 11 atom stereocenters. The van der Waals surface area contributed by atoms with Crippen molar-refractivity contribution in [2.24, 2.45) is 68.0 Å². The third-order valence-electron chi connectivity index (χ3n) is 17.8. The average molecular weight is 775 g/mol. The van der Waals surface area contributed by atoms with Crippen LogP contribution in [0.25, 0.3) is 0 Å². The highest BCUT2D eigenvalue weighted by molar-refractivity contribution is 7.88. The van der Waals surface area contributed by atoms with Gasteiger partial charge in [-0.3, -0.25) is 14.4 Å². The van der Waals surface area contributed by atoms with Crippen LogP contribution in [0, 0.1) is 68.0 Å². The van der Waals surface area contributed by atoms with Crippen LogP contribution in [0.5, 0.6) is 0 Å². The Hall–Kier alpha value is -1.68. The van der Waals surface area contributed by atoms with Gasteiger partial charge in [-0.25, -0.2) is 13.1 Å². The Kier molecular flexibility index (Phi) is 11.1. The Balaban J connectivity index is 1.22. The van der Waals surface area contributed by atoms with Gasteiger partial charge in [-0.1, -0.05) is 62.3 Å². The number of nitrogens with one attached hydrogen (secondary N) is 1. The molecule has 0 bridgehead atoms. The van der Waals surface area contributed by atoms with E-state index >= 15 is 0 Å². The average Bonchev–Trinajstić information content (AvgIpc) is 3.66. The summed E-state index contributed by atoms with van der Waals surface area (Å²) in [5.74, 6) is 2.37. The van der Waals surface area contributed by atoms with Gasteiger partial charge in [0.15, 0.2) is 0 Å². The van der Waals surface area contributed by atoms with Gasteiger partial charge in [0.05, 0.1) is 19.1 Å². The number of amides is 1. The number of carboxylic acid groups (broad SMARTS) is 1. The molecule has 1 aliphatic heterocycles. The van der Waals surface area contributed by atoms with Gasteiger partial charge in [0.25, 0.3) is 0 Å². The van der Waals surface area contributed by atoms with Crippen LogP contribution >= 0.6 is 0 Å². The summed E-state index contributed by atoms with van der Waals surface area (Å²) in [6.07, 6.45) is 14.7. The zero-order valence-electron chi connectivity index (χ0n) is 35.4. The molecule has 0 aromatic rings. The van der Waals surface area contributed by atoms with Gasteiger partial charge < -0.3 is 14.7 Å². The highest BCUT2D eigenvalue weighted by atomic mass is 32.2. The Morgan fingerprint density at radius 1 is 0.870 bits per heavy atom. The Morgan fingerprint density at radius 3 is 2.22 bits per heavy atom. The molecule has 5 saturated carbocycles. The van der Waals surface area contributed by atoms with Gasteiger partial charge in [-0.2, -0.15) is 0 Å². The molecule has 9 nitrogen and oxygen atoms in total. The normalized spacial score (nSPS) is 41.8. The number of aliphatic carboxylic acids is 1. The number of hydrogen-bond acceptors (Lipinski definition) is 6. The number of esters is 1. The lowest BCUT2D eigenvalue weighted by molar-refractivity contribution is -0.252. The van der Waals surface area contributed by atoms with Crippen molar-refractivity contribution in [3.8, 4) is 0 Å². The van der Waals surface area contributed by atoms with Crippen LogP contribution in [0.1, 0.15) is 159 Å². The van der Waals surface area contributed by atoms with Crippen molar-refractivity contribution in [3.05, 3.63) is 0 Å². The molecule has 5 aliphatic carbocycles. The van der Waals surface area contributed by atoms with Gasteiger partial charge in [0.2, 0.25) is 15.9 Å². The first-order valence-corrected chi connectivity index (χ1v) is 23.4. The summed E-state index contributed by atoms with van der Waals surface area (Å²) in [5, 5.41) is 9.36. The van der Waals surface area contributed by atoms with E-state index in [0.29, 0.717) is 48.5 Å². The molecular formula is C44H74N2O7S. The first kappa shape index (κ1) is 41.9. The Bertz CT molecular complexity index is 1580. The fourth-order valence-electron chi connectivity index (χ4n) is 15.1. The minimum atomic E-state index is -3.32. The van der Waals surface area contributed by atoms with E-state index in [1.807, 2.05) is 18.7 Å². The van der Waals surface area contributed by atoms with E-state index in [2.05, 4.69) is 53.2 Å². The molecule has 0 aromatic carbocycles. The van der Waals surface area contributed by atoms with Gasteiger partial charge >= 0.3 is 11.9 Å². The molecule has 0 unspecified atom stereocenters. The maximum atomic E-state index is 14.4. The molecule has 0 aromatic heterocycles. The van der Waals surface area contributed by atoms with E-state index in [9.17, 15) is 27.9 Å². The summed E-state index contributed by atoms with van der Waals surface area (Å²) in [6, 6.07) is -0.0600. The molecule has 308 valence electrons. The van der Waals surface area contributed by atoms with Crippen molar-refractivity contribution in [2.45, 2.75) is 171 Å². The third-order valence-corrected chi connectivity index (χ3v) is 18.5. The zero-order chi connectivity index (χ0) is 39.9. The monoisotopic (exact) mass is 775 g/mol. The van der Waals surface area contributed by atoms with E-state index in [0.717, 1.165) is 57.9 Å². The molecule has 1 heterocycles. The number of fused-ring (bicyclic) bond motifs is 7. The molecule has 1 amide bonds. The van der Waals surface area contributed by atoms with Crippen molar-refractivity contribution in [1.29, 1.82) is 0 Å². The van der Waals surface area contributed by atoms with Gasteiger partial charge in [0, 0.05) is 31.0 Å². The fraction of sp³-hybridized carbons (Fsp3) is 0.932. The van der Waals surface area contributed by atoms with Crippen LogP contribution in [0.4, 0.5) is 0 Å². The number of sulfonamides is 1. The topological polar surface area (TPSA) is 130 Å². The summed E-state index contributed by atoms with van der Waals surface area (Å²) in [5.41, 5.74) is -0.321. The largest absolute Gasteiger partial charge is 0.481 e. The van der Waals surface area contributed by atoms with Crippen LogP contribution in [-0.4, -0.2) is 67.8 Å². The molecule has 0 spiro atoms. The number of ether oxygens (including phenoxy) is 1. The maximum Gasteiger partial charge on any atom is 0.306 e. The van der Waals surface area contributed by atoms with Crippen molar-refractivity contribution < 1.29 is 32.6 Å². The summed E-state index contributed by atoms with van der Waals surface area (Å²) in [7, 11) is -3.32. The second kappa shape index (κ2) is 14.3. The number of hydrogen-bond donors (Lipinski definition) is 2. The SMILES string of the molecule is CC(C)[C@@H]1CC[C@]2(CC(=O)N3CCC[C@@H]3CNS(C)(=O)=O)CC[C@]3(C)[C@H](CC[C@@H]4[C@@]5(C)CC[C@H](OC(=O)CC(C)(C)CC(=O)O)C(C)(C)[C@@H]5CC[C@]43C)[C@@H]12. The number of rotatable bonds is 11. The standard InChI is InChI=1S/C44H74N2O7S/c1-28(2)30-15-20-44(24-35(47)46-23-11-12-29(46)27-45-54(10,51)52)22-21-42(8)31(38(30)44)13-14-33-41(7)18-17-34(40(5,6)32(41)16-19-43(33,42)9)53-37(50)26-39(3,4)25-36(48)49/h28-34,38,45H,11-27H2,1-10H3,(H,48,49)/t29-,30+,31-,32+,33-,34+,38-,41+,42-,43-,44-/m1/s1. The predicted octanol–water partition coefficient (Wildman–Crippen LogP) is 8.46. The van der Waals surface area contributed by atoms with Gasteiger partial charge in [-0.05, 0) is 140 Å². The number of carbonyl (C=O) groups is 3. The van der Waals surface area contributed by atoms with E-state index in [1.54, 1.807) is 0 Å². The molecule has 6 rings (SSSR count). The molecule has 1 saturated heterocycles. The molecule has 10 heteroatoms. The predicted molar refractivity (Wildman–Crippen MR) is 212 cm³/mol. The summed E-state index contributed by atoms with van der Waals surface area (Å²) in [4.78, 5) is 41.1. The maximum absolute atomic E-state index is 14.4. The van der Waals surface area contributed by atoms with Crippen LogP contribution in [0.2, 0.25) is 0 Å². The minimum Gasteiger partial charge on any atom is -0.481 e. The zero-order valence-corrected chi connectivity index (χ0v) is 36.2. The van der Waals surface area contributed by atoms with Crippen molar-refractivity contribution in [3.63, 3.8) is 0 Å². The first-order valence-electron chi connectivity index (χ1n) is 21.5. The molecule has 0 radical (unpaired) electrons. The number of likely N-dealkylation sites (tertiary alicyclic amines) is 1. The fourth-order valence-corrected chi connectivity index (χ4v) is 15.6. The molecule has 6 fully saturated rings. The van der Waals surface area contributed by atoms with Crippen LogP contribution in [0.15, 0.2) is 0 Å². The van der Waals surface area contributed by atoms with E-state index < -0.39 is 21.4 Å². The molecule has 2 N–H and O–H groups in total. The highest BCUT2D eigenvalue weighted by Crippen LogP contribution is 2.78. The van der Waals surface area contributed by atoms with E-state index in [-0.39, 0.29) is 63.9 Å². The first-order chi connectivity index (χ1) is 24.9. The lowest BCUT2D eigenvalue weighted by Crippen LogP contribution is -2.67. The van der Waals surface area contributed by atoms with Crippen LogP contribution in [-0.2, 0) is 29.1 Å². The highest BCUT2D eigenvalue weighted by Gasteiger charge is 2.71. The lowest BCUT2D eigenvalue weighted by atomic mass is 9.32. The van der Waals surface area contributed by atoms with Crippen molar-refractivity contribution in [1.82, 2.24) is 9.62 Å². The number of nitrogens with zero attached hydrogens (tertiary/aromatic N) is 1. The summed E-state index contributed by atoms with van der Waals surface area (Å²) >= 11 is 0.